The Kier molecular flexibility index (Phi) is 7.28. The van der Waals surface area contributed by atoms with Crippen LogP contribution in [0.2, 0.25) is 5.02 Å². The lowest BCUT2D eigenvalue weighted by Gasteiger charge is -2.44. The predicted molar refractivity (Wildman–Crippen MR) is 138 cm³/mol. The number of nitrogens with one attached hydrogen (secondary N) is 1. The molecule has 4 rings (SSSR count). The Bertz CT molecular complexity index is 1490. The van der Waals surface area contributed by atoms with Gasteiger partial charge in [-0.25, -0.2) is 22.7 Å². The van der Waals surface area contributed by atoms with E-state index in [9.17, 15) is 13.2 Å². The lowest BCUT2D eigenvalue weighted by molar-refractivity contribution is 0.0269. The number of hydrogen-bond donors (Lipinski definition) is 1. The number of rotatable bonds is 7. The van der Waals surface area contributed by atoms with Crippen LogP contribution in [-0.2, 0) is 14.8 Å². The number of hydrogen-bond acceptors (Lipinski definition) is 7. The molecule has 0 aliphatic carbocycles. The first-order valence-corrected chi connectivity index (χ1v) is 13.5. The topological polar surface area (TPSA) is 109 Å². The van der Waals surface area contributed by atoms with Gasteiger partial charge in [0.1, 0.15) is 16.8 Å². The van der Waals surface area contributed by atoms with Gasteiger partial charge in [0.2, 0.25) is 15.9 Å². The Labute approximate surface area is 220 Å². The molecule has 2 heterocycles. The van der Waals surface area contributed by atoms with Gasteiger partial charge in [-0.05, 0) is 68.7 Å². The first-order valence-electron chi connectivity index (χ1n) is 11.7. The normalized spacial score (nSPS) is 17.5. The second kappa shape index (κ2) is 9.86. The van der Waals surface area contributed by atoms with E-state index in [1.165, 1.54) is 22.5 Å². The van der Waals surface area contributed by atoms with Crippen molar-refractivity contribution in [2.24, 2.45) is 0 Å². The van der Waals surface area contributed by atoms with Gasteiger partial charge in [0.25, 0.3) is 0 Å². The van der Waals surface area contributed by atoms with E-state index >= 15 is 4.39 Å². The molecule has 37 heavy (non-hydrogen) atoms. The zero-order valence-corrected chi connectivity index (χ0v) is 23.1. The number of ether oxygens (including phenoxy) is 1. The van der Waals surface area contributed by atoms with Gasteiger partial charge in [-0.2, -0.15) is 4.31 Å². The molecule has 2 atom stereocenters. The highest BCUT2D eigenvalue weighted by Crippen LogP contribution is 2.45. The average Bonchev–Trinajstić information content (AvgIpc) is 3.25. The summed E-state index contributed by atoms with van der Waals surface area (Å²) in [5.74, 6) is -2.26. The van der Waals surface area contributed by atoms with E-state index < -0.39 is 39.2 Å². The Morgan fingerprint density at radius 1 is 1.27 bits per heavy atom. The van der Waals surface area contributed by atoms with Crippen molar-refractivity contribution >= 4 is 27.3 Å². The fourth-order valence-corrected chi connectivity index (χ4v) is 6.75. The largest absolute Gasteiger partial charge is 0.434 e. The molecule has 0 spiro atoms. The zero-order chi connectivity index (χ0) is 27.3. The summed E-state index contributed by atoms with van der Waals surface area (Å²) in [5, 5.41) is 6.56. The van der Waals surface area contributed by atoms with Crippen molar-refractivity contribution in [1.29, 1.82) is 0 Å². The third-order valence-electron chi connectivity index (χ3n) is 6.96. The number of fused-ring (bicyclic) bond motifs is 1. The molecular weight excluding hydrogens is 523 g/mol. The minimum absolute atomic E-state index is 0.0200. The molecule has 0 fully saturated rings. The van der Waals surface area contributed by atoms with Crippen molar-refractivity contribution in [2.45, 2.75) is 57.1 Å². The summed E-state index contributed by atoms with van der Waals surface area (Å²) >= 11 is 6.25. The summed E-state index contributed by atoms with van der Waals surface area (Å²) in [5.41, 5.74) is 1.61. The number of anilines is 1. The number of aromatic amines is 1. The van der Waals surface area contributed by atoms with Gasteiger partial charge in [-0.1, -0.05) is 24.6 Å². The van der Waals surface area contributed by atoms with Gasteiger partial charge in [0.05, 0.1) is 18.0 Å². The number of nitrogens with zero attached hydrogens (tertiary/aromatic N) is 3. The predicted octanol–water partition coefficient (Wildman–Crippen LogP) is 4.51. The van der Waals surface area contributed by atoms with E-state index in [2.05, 4.69) is 10.2 Å². The molecular formula is C25H30ClFN4O5S. The summed E-state index contributed by atoms with van der Waals surface area (Å²) in [7, 11) is -2.59. The molecule has 9 nitrogen and oxygen atoms in total. The SMILES string of the molecule is COC(C)(C)CN1CN([C@H](c2n[nH]c(=O)o2)[C@H](C)c2c(F)ccc(C)c2C)S(=O)(=O)c2ccc(Cl)cc21. The molecule has 2 aromatic carbocycles. The van der Waals surface area contributed by atoms with E-state index in [1.807, 2.05) is 25.7 Å². The van der Waals surface area contributed by atoms with Crippen LogP contribution in [-0.4, -0.2) is 48.8 Å². The molecule has 0 bridgehead atoms. The second-order valence-corrected chi connectivity index (χ2v) is 12.2. The molecule has 0 saturated carbocycles. The summed E-state index contributed by atoms with van der Waals surface area (Å²) < 4.78 is 55.4. The van der Waals surface area contributed by atoms with Crippen LogP contribution < -0.4 is 10.7 Å². The van der Waals surface area contributed by atoms with Crippen LogP contribution in [0, 0.1) is 19.7 Å². The van der Waals surface area contributed by atoms with Crippen LogP contribution in [0.1, 0.15) is 55.3 Å². The summed E-state index contributed by atoms with van der Waals surface area (Å²) in [4.78, 5) is 13.8. The van der Waals surface area contributed by atoms with Gasteiger partial charge < -0.3 is 14.1 Å². The van der Waals surface area contributed by atoms with Crippen molar-refractivity contribution in [3.63, 3.8) is 0 Å². The zero-order valence-electron chi connectivity index (χ0n) is 21.5. The van der Waals surface area contributed by atoms with Gasteiger partial charge in [0, 0.05) is 24.6 Å². The van der Waals surface area contributed by atoms with Crippen molar-refractivity contribution in [3.8, 4) is 0 Å². The monoisotopic (exact) mass is 552 g/mol. The molecule has 200 valence electrons. The molecule has 1 aliphatic rings. The Morgan fingerprint density at radius 2 is 1.97 bits per heavy atom. The number of sulfonamides is 1. The minimum atomic E-state index is -4.17. The number of benzene rings is 2. The molecule has 1 aromatic heterocycles. The number of H-pyrrole nitrogens is 1. The lowest BCUT2D eigenvalue weighted by atomic mass is 9.87. The molecule has 1 N–H and O–H groups in total. The van der Waals surface area contributed by atoms with Crippen molar-refractivity contribution in [1.82, 2.24) is 14.5 Å². The van der Waals surface area contributed by atoms with Crippen molar-refractivity contribution < 1.29 is 22.0 Å². The van der Waals surface area contributed by atoms with E-state index in [1.54, 1.807) is 33.1 Å². The Hall–Kier alpha value is -2.73. The molecule has 0 radical (unpaired) electrons. The minimum Gasteiger partial charge on any atom is -0.391 e. The van der Waals surface area contributed by atoms with E-state index in [0.29, 0.717) is 28.4 Å². The lowest BCUT2D eigenvalue weighted by Crippen LogP contribution is -2.52. The van der Waals surface area contributed by atoms with Gasteiger partial charge in [-0.15, -0.1) is 5.10 Å². The Morgan fingerprint density at radius 3 is 2.59 bits per heavy atom. The fourth-order valence-electron chi connectivity index (χ4n) is 4.78. The third-order valence-corrected chi connectivity index (χ3v) is 9.06. The van der Waals surface area contributed by atoms with Crippen LogP contribution in [0.25, 0.3) is 0 Å². The molecule has 3 aromatic rings. The maximum Gasteiger partial charge on any atom is 0.434 e. The summed E-state index contributed by atoms with van der Waals surface area (Å²) in [6, 6.07) is 6.40. The second-order valence-electron chi connectivity index (χ2n) is 9.90. The van der Waals surface area contributed by atoms with E-state index in [-0.39, 0.29) is 17.5 Å². The van der Waals surface area contributed by atoms with Crippen LogP contribution >= 0.6 is 11.6 Å². The van der Waals surface area contributed by atoms with Crippen LogP contribution in [0.4, 0.5) is 10.1 Å². The molecule has 0 amide bonds. The van der Waals surface area contributed by atoms with Gasteiger partial charge in [0.15, 0.2) is 0 Å². The first-order chi connectivity index (χ1) is 17.3. The Balaban J connectivity index is 1.94. The third kappa shape index (κ3) is 5.05. The highest BCUT2D eigenvalue weighted by atomic mass is 35.5. The first kappa shape index (κ1) is 27.3. The maximum atomic E-state index is 15.2. The van der Waals surface area contributed by atoms with Crippen LogP contribution in [0.15, 0.2) is 44.4 Å². The van der Waals surface area contributed by atoms with Gasteiger partial charge >= 0.3 is 5.76 Å². The van der Waals surface area contributed by atoms with Crippen molar-refractivity contribution in [2.75, 3.05) is 25.2 Å². The molecule has 12 heteroatoms. The maximum absolute atomic E-state index is 15.2. The average molecular weight is 553 g/mol. The van der Waals surface area contributed by atoms with Crippen molar-refractivity contribution in [3.05, 3.63) is 74.3 Å². The number of aromatic nitrogens is 2. The van der Waals surface area contributed by atoms with E-state index in [0.717, 1.165) is 5.56 Å². The highest BCUT2D eigenvalue weighted by Gasteiger charge is 2.46. The summed E-state index contributed by atoms with van der Waals surface area (Å²) in [6.45, 7) is 9.25. The highest BCUT2D eigenvalue weighted by molar-refractivity contribution is 7.89. The smallest absolute Gasteiger partial charge is 0.391 e. The van der Waals surface area contributed by atoms with E-state index in [4.69, 9.17) is 20.8 Å². The number of methoxy groups -OCH3 is 1. The molecule has 1 aliphatic heterocycles. The number of halogens is 2. The molecule has 0 unspecified atom stereocenters. The van der Waals surface area contributed by atoms with Crippen LogP contribution in [0.5, 0.6) is 0 Å². The fraction of sp³-hybridized carbons (Fsp3) is 0.440. The van der Waals surface area contributed by atoms with Crippen LogP contribution in [0.3, 0.4) is 0 Å². The number of aryl methyl sites for hydroxylation is 1. The standard InChI is InChI=1S/C25H30ClFN4O5S/c1-14-7-9-18(27)21(15(14)2)16(3)22(23-28-29-24(32)36-23)31-13-30(12-25(4,5)35-6)19-11-17(26)8-10-20(19)37(31,33)34/h7-11,16,22H,12-13H2,1-6H3,(H,29,32)/t16-,22+/m1/s1. The molecule has 0 saturated heterocycles. The van der Waals surface area contributed by atoms with Gasteiger partial charge in [-0.3, -0.25) is 0 Å². The quantitative estimate of drug-likeness (QED) is 0.459. The summed E-state index contributed by atoms with van der Waals surface area (Å²) in [6.07, 6.45) is 0.